The molecule has 1 aliphatic rings. The maximum Gasteiger partial charge on any atom is 0.419 e. The molecule has 1 aliphatic heterocycles. The first-order valence-electron chi connectivity index (χ1n) is 7.32. The van der Waals surface area contributed by atoms with Crippen molar-refractivity contribution >= 4 is 0 Å². The second-order valence-corrected chi connectivity index (χ2v) is 5.41. The molecule has 3 rings (SSSR count). The number of alkyl halides is 3. The average molecular weight is 328 g/mol. The van der Waals surface area contributed by atoms with E-state index in [0.29, 0.717) is 31.9 Å². The van der Waals surface area contributed by atoms with Crippen LogP contribution in [0, 0.1) is 5.82 Å². The highest BCUT2D eigenvalue weighted by Gasteiger charge is 2.40. The molecule has 2 heterocycles. The summed E-state index contributed by atoms with van der Waals surface area (Å²) in [6.45, 7) is 2.43. The first-order valence-corrected chi connectivity index (χ1v) is 7.32. The van der Waals surface area contributed by atoms with Crippen LogP contribution < -0.4 is 5.32 Å². The highest BCUT2D eigenvalue weighted by Crippen LogP contribution is 2.40. The smallest absolute Gasteiger partial charge is 0.419 e. The van der Waals surface area contributed by atoms with Crippen LogP contribution >= 0.6 is 0 Å². The minimum atomic E-state index is -4.76. The van der Waals surface area contributed by atoms with E-state index in [1.165, 1.54) is 18.4 Å². The third kappa shape index (κ3) is 3.25. The zero-order chi connectivity index (χ0) is 16.4. The highest BCUT2D eigenvalue weighted by atomic mass is 19.4. The van der Waals surface area contributed by atoms with Crippen molar-refractivity contribution in [1.29, 1.82) is 0 Å². The summed E-state index contributed by atoms with van der Waals surface area (Å²) >= 11 is 0. The van der Waals surface area contributed by atoms with Crippen molar-refractivity contribution in [1.82, 2.24) is 10.2 Å². The van der Waals surface area contributed by atoms with Crippen LogP contribution in [0.2, 0.25) is 0 Å². The van der Waals surface area contributed by atoms with Gasteiger partial charge in [-0.15, -0.1) is 0 Å². The zero-order valence-corrected chi connectivity index (χ0v) is 12.2. The van der Waals surface area contributed by atoms with E-state index in [1.807, 2.05) is 4.90 Å². The van der Waals surface area contributed by atoms with E-state index < -0.39 is 23.6 Å². The van der Waals surface area contributed by atoms with E-state index in [-0.39, 0.29) is 5.56 Å². The van der Waals surface area contributed by atoms with Gasteiger partial charge in [0, 0.05) is 26.2 Å². The van der Waals surface area contributed by atoms with Gasteiger partial charge in [-0.2, -0.15) is 13.2 Å². The maximum atomic E-state index is 13.9. The SMILES string of the molecule is Fc1cccc([C@@H](c2ccco2)N2CCNCC2)c1C(F)(F)F. The van der Waals surface area contributed by atoms with Crippen LogP contribution in [0.1, 0.15) is 22.9 Å². The highest BCUT2D eigenvalue weighted by molar-refractivity contribution is 5.37. The number of benzene rings is 1. The van der Waals surface area contributed by atoms with Crippen LogP contribution in [0.15, 0.2) is 41.0 Å². The summed E-state index contributed by atoms with van der Waals surface area (Å²) in [5, 5.41) is 3.15. The number of halogens is 4. The molecular weight excluding hydrogens is 312 g/mol. The molecule has 1 N–H and O–H groups in total. The molecule has 124 valence electrons. The summed E-state index contributed by atoms with van der Waals surface area (Å²) in [4.78, 5) is 1.87. The number of piperazine rings is 1. The van der Waals surface area contributed by atoms with Crippen LogP contribution in [0.25, 0.3) is 0 Å². The first kappa shape index (κ1) is 16.0. The Morgan fingerprint density at radius 3 is 2.43 bits per heavy atom. The molecule has 3 nitrogen and oxygen atoms in total. The Kier molecular flexibility index (Phi) is 4.41. The van der Waals surface area contributed by atoms with Crippen LogP contribution in [0.3, 0.4) is 0 Å². The summed E-state index contributed by atoms with van der Waals surface area (Å²) in [6, 6.07) is 5.94. The largest absolute Gasteiger partial charge is 0.467 e. The molecule has 23 heavy (non-hydrogen) atoms. The summed E-state index contributed by atoms with van der Waals surface area (Å²) in [6.07, 6.45) is -3.35. The molecule has 1 atom stereocenters. The molecule has 1 fully saturated rings. The molecule has 2 aromatic rings. The lowest BCUT2D eigenvalue weighted by molar-refractivity contribution is -0.141. The molecule has 1 aromatic carbocycles. The van der Waals surface area contributed by atoms with Crippen molar-refractivity contribution in [3.05, 3.63) is 59.3 Å². The Labute approximate surface area is 130 Å². The summed E-state index contributed by atoms with van der Waals surface area (Å²) in [7, 11) is 0. The minimum absolute atomic E-state index is 0.116. The molecule has 1 saturated heterocycles. The van der Waals surface area contributed by atoms with Gasteiger partial charge in [-0.25, -0.2) is 4.39 Å². The Morgan fingerprint density at radius 1 is 1.09 bits per heavy atom. The number of nitrogens with one attached hydrogen (secondary N) is 1. The molecule has 1 aromatic heterocycles. The van der Waals surface area contributed by atoms with Crippen LogP contribution in [-0.2, 0) is 6.18 Å². The molecule has 0 saturated carbocycles. The number of hydrogen-bond acceptors (Lipinski definition) is 3. The van der Waals surface area contributed by atoms with E-state index >= 15 is 0 Å². The fourth-order valence-electron chi connectivity index (χ4n) is 2.98. The predicted molar refractivity (Wildman–Crippen MR) is 76.4 cm³/mol. The van der Waals surface area contributed by atoms with Crippen LogP contribution in [0.5, 0.6) is 0 Å². The molecule has 0 amide bonds. The van der Waals surface area contributed by atoms with Gasteiger partial charge in [0.15, 0.2) is 0 Å². The molecule has 0 spiro atoms. The third-order valence-electron chi connectivity index (χ3n) is 3.95. The fraction of sp³-hybridized carbons (Fsp3) is 0.375. The van der Waals surface area contributed by atoms with Crippen molar-refractivity contribution in [2.45, 2.75) is 12.2 Å². The Bertz CT molecular complexity index is 649. The lowest BCUT2D eigenvalue weighted by atomic mass is 9.95. The van der Waals surface area contributed by atoms with E-state index in [9.17, 15) is 17.6 Å². The fourth-order valence-corrected chi connectivity index (χ4v) is 2.98. The first-order chi connectivity index (χ1) is 11.0. The van der Waals surface area contributed by atoms with Crippen molar-refractivity contribution in [3.63, 3.8) is 0 Å². The summed E-state index contributed by atoms with van der Waals surface area (Å²) in [5.74, 6) is -0.885. The van der Waals surface area contributed by atoms with Gasteiger partial charge in [-0.05, 0) is 23.8 Å². The van der Waals surface area contributed by atoms with E-state index in [1.54, 1.807) is 12.1 Å². The van der Waals surface area contributed by atoms with E-state index in [2.05, 4.69) is 5.32 Å². The molecule has 0 aliphatic carbocycles. The topological polar surface area (TPSA) is 28.4 Å². The Morgan fingerprint density at radius 2 is 1.83 bits per heavy atom. The number of hydrogen-bond donors (Lipinski definition) is 1. The Hall–Kier alpha value is -1.86. The van der Waals surface area contributed by atoms with Gasteiger partial charge in [0.25, 0.3) is 0 Å². The van der Waals surface area contributed by atoms with Crippen molar-refractivity contribution in [3.8, 4) is 0 Å². The minimum Gasteiger partial charge on any atom is -0.467 e. The van der Waals surface area contributed by atoms with Crippen molar-refractivity contribution in [2.75, 3.05) is 26.2 Å². The third-order valence-corrected chi connectivity index (χ3v) is 3.95. The number of rotatable bonds is 3. The monoisotopic (exact) mass is 328 g/mol. The van der Waals surface area contributed by atoms with Crippen molar-refractivity contribution in [2.24, 2.45) is 0 Å². The molecular formula is C16H16F4N2O. The molecule has 0 bridgehead atoms. The summed E-state index contributed by atoms with van der Waals surface area (Å²) in [5.41, 5.74) is -1.34. The zero-order valence-electron chi connectivity index (χ0n) is 12.2. The van der Waals surface area contributed by atoms with E-state index in [4.69, 9.17) is 4.42 Å². The van der Waals surface area contributed by atoms with Gasteiger partial charge in [-0.3, -0.25) is 4.90 Å². The average Bonchev–Trinajstić information content (AvgIpc) is 3.01. The lowest BCUT2D eigenvalue weighted by Crippen LogP contribution is -2.45. The van der Waals surface area contributed by atoms with Gasteiger partial charge in [0.1, 0.15) is 11.6 Å². The lowest BCUT2D eigenvalue weighted by Gasteiger charge is -2.35. The van der Waals surface area contributed by atoms with Gasteiger partial charge in [0.05, 0.1) is 17.9 Å². The Balaban J connectivity index is 2.12. The standard InChI is InChI=1S/C16H16F4N2O/c17-12-4-1-3-11(14(12)16(18,19)20)15(13-5-2-10-23-13)22-8-6-21-7-9-22/h1-5,10,15,21H,6-9H2/t15-/m0/s1. The second-order valence-electron chi connectivity index (χ2n) is 5.41. The molecule has 0 unspecified atom stereocenters. The molecule has 0 radical (unpaired) electrons. The summed E-state index contributed by atoms with van der Waals surface area (Å²) < 4.78 is 59.4. The maximum absolute atomic E-state index is 13.9. The number of nitrogens with zero attached hydrogens (tertiary/aromatic N) is 1. The second kappa shape index (κ2) is 6.33. The van der Waals surface area contributed by atoms with Gasteiger partial charge in [0.2, 0.25) is 0 Å². The normalized spacial score (nSPS) is 18.1. The molecule has 7 heteroatoms. The van der Waals surface area contributed by atoms with Gasteiger partial charge in [-0.1, -0.05) is 12.1 Å². The van der Waals surface area contributed by atoms with E-state index in [0.717, 1.165) is 6.07 Å². The number of furan rings is 1. The predicted octanol–water partition coefficient (Wildman–Crippen LogP) is 3.43. The van der Waals surface area contributed by atoms with Crippen LogP contribution in [0.4, 0.5) is 17.6 Å². The van der Waals surface area contributed by atoms with Crippen molar-refractivity contribution < 1.29 is 22.0 Å². The quantitative estimate of drug-likeness (QED) is 0.875. The van der Waals surface area contributed by atoms with Crippen LogP contribution in [-0.4, -0.2) is 31.1 Å². The van der Waals surface area contributed by atoms with Gasteiger partial charge < -0.3 is 9.73 Å². The van der Waals surface area contributed by atoms with Gasteiger partial charge >= 0.3 is 6.18 Å².